The van der Waals surface area contributed by atoms with Crippen molar-refractivity contribution in [3.8, 4) is 11.5 Å². The van der Waals surface area contributed by atoms with Gasteiger partial charge in [0, 0.05) is 0 Å². The Kier molecular flexibility index (Phi) is 7.76. The van der Waals surface area contributed by atoms with E-state index in [9.17, 15) is 9.59 Å². The Morgan fingerprint density at radius 3 is 2.31 bits per heavy atom. The van der Waals surface area contributed by atoms with E-state index in [-0.39, 0.29) is 19.6 Å². The van der Waals surface area contributed by atoms with Gasteiger partial charge < -0.3 is 19.5 Å². The van der Waals surface area contributed by atoms with Crippen LogP contribution >= 0.6 is 11.6 Å². The molecule has 6 nitrogen and oxygen atoms in total. The largest absolute Gasteiger partial charge is 0.494 e. The van der Waals surface area contributed by atoms with Crippen LogP contribution in [0.4, 0.5) is 5.69 Å². The molecule has 0 aliphatic rings. The topological polar surface area (TPSA) is 73.9 Å². The number of hydrogen-bond acceptors (Lipinski definition) is 5. The van der Waals surface area contributed by atoms with Gasteiger partial charge in [-0.1, -0.05) is 23.7 Å². The van der Waals surface area contributed by atoms with Gasteiger partial charge in [0.15, 0.2) is 6.61 Å². The summed E-state index contributed by atoms with van der Waals surface area (Å²) in [5, 5.41) is 2.98. The van der Waals surface area contributed by atoms with E-state index in [2.05, 4.69) is 5.32 Å². The summed E-state index contributed by atoms with van der Waals surface area (Å²) < 4.78 is 15.7. The zero-order valence-electron chi connectivity index (χ0n) is 14.4. The highest BCUT2D eigenvalue weighted by molar-refractivity contribution is 6.33. The second kappa shape index (κ2) is 10.3. The summed E-state index contributed by atoms with van der Waals surface area (Å²) >= 11 is 5.94. The van der Waals surface area contributed by atoms with E-state index in [1.807, 2.05) is 6.92 Å². The Bertz CT molecular complexity index is 733. The van der Waals surface area contributed by atoms with Crippen molar-refractivity contribution in [1.82, 2.24) is 0 Å². The third-order valence-electron chi connectivity index (χ3n) is 3.22. The second-order valence-corrected chi connectivity index (χ2v) is 5.60. The van der Waals surface area contributed by atoms with Crippen LogP contribution in [-0.2, 0) is 14.3 Å². The normalized spacial score (nSPS) is 10.1. The first-order chi connectivity index (χ1) is 12.6. The maximum Gasteiger partial charge on any atom is 0.309 e. The van der Waals surface area contributed by atoms with E-state index < -0.39 is 11.9 Å². The van der Waals surface area contributed by atoms with Gasteiger partial charge in [-0.25, -0.2) is 0 Å². The number of carbonyl (C=O) groups is 2. The van der Waals surface area contributed by atoms with Gasteiger partial charge in [-0.15, -0.1) is 0 Å². The fourth-order valence-corrected chi connectivity index (χ4v) is 2.20. The number of amides is 1. The van der Waals surface area contributed by atoms with Crippen LogP contribution in [0.25, 0.3) is 0 Å². The van der Waals surface area contributed by atoms with Crippen molar-refractivity contribution in [2.75, 3.05) is 25.1 Å². The van der Waals surface area contributed by atoms with E-state index in [1.165, 1.54) is 0 Å². The number of hydrogen-bond donors (Lipinski definition) is 1. The molecule has 0 saturated heterocycles. The molecular formula is C19H20ClNO5. The van der Waals surface area contributed by atoms with Crippen LogP contribution in [-0.4, -0.2) is 31.7 Å². The van der Waals surface area contributed by atoms with Crippen molar-refractivity contribution >= 4 is 29.2 Å². The Morgan fingerprint density at radius 2 is 1.65 bits per heavy atom. The lowest BCUT2D eigenvalue weighted by Crippen LogP contribution is -2.21. The van der Waals surface area contributed by atoms with Crippen LogP contribution in [0.5, 0.6) is 11.5 Å². The smallest absolute Gasteiger partial charge is 0.309 e. The molecule has 0 spiro atoms. The first-order valence-electron chi connectivity index (χ1n) is 8.14. The summed E-state index contributed by atoms with van der Waals surface area (Å²) in [4.78, 5) is 23.4. The highest BCUT2D eigenvalue weighted by Crippen LogP contribution is 2.20. The van der Waals surface area contributed by atoms with Gasteiger partial charge in [-0.05, 0) is 43.3 Å². The van der Waals surface area contributed by atoms with E-state index in [0.29, 0.717) is 23.1 Å². The third-order valence-corrected chi connectivity index (χ3v) is 3.55. The molecule has 26 heavy (non-hydrogen) atoms. The van der Waals surface area contributed by atoms with Gasteiger partial charge in [-0.2, -0.15) is 0 Å². The average Bonchev–Trinajstić information content (AvgIpc) is 2.64. The maximum absolute atomic E-state index is 11.8. The van der Waals surface area contributed by atoms with Gasteiger partial charge in [0.25, 0.3) is 5.91 Å². The molecule has 1 N–H and O–H groups in total. The number of benzene rings is 2. The number of anilines is 1. The van der Waals surface area contributed by atoms with Gasteiger partial charge in [0.2, 0.25) is 0 Å². The van der Waals surface area contributed by atoms with Crippen LogP contribution in [0.15, 0.2) is 48.5 Å². The molecule has 0 fully saturated rings. The molecule has 2 aromatic carbocycles. The number of carbonyl (C=O) groups excluding carboxylic acids is 2. The zero-order valence-corrected chi connectivity index (χ0v) is 15.1. The lowest BCUT2D eigenvalue weighted by atomic mass is 10.3. The first-order valence-corrected chi connectivity index (χ1v) is 8.52. The number of nitrogens with one attached hydrogen (secondary N) is 1. The summed E-state index contributed by atoms with van der Waals surface area (Å²) in [5.41, 5.74) is 0.467. The number of ether oxygens (including phenoxy) is 3. The Labute approximate surface area is 157 Å². The zero-order chi connectivity index (χ0) is 18.8. The van der Waals surface area contributed by atoms with Crippen molar-refractivity contribution in [3.05, 3.63) is 53.6 Å². The van der Waals surface area contributed by atoms with Crippen LogP contribution in [0.2, 0.25) is 5.02 Å². The molecule has 0 radical (unpaired) electrons. The van der Waals surface area contributed by atoms with E-state index in [1.54, 1.807) is 48.5 Å². The van der Waals surface area contributed by atoms with Crippen molar-refractivity contribution in [2.45, 2.75) is 13.3 Å². The molecule has 0 heterocycles. The molecule has 0 aliphatic heterocycles. The number of para-hydroxylation sites is 1. The molecule has 2 rings (SSSR count). The van der Waals surface area contributed by atoms with Crippen LogP contribution in [0.3, 0.4) is 0 Å². The fraction of sp³-hybridized carbons (Fsp3) is 0.263. The quantitative estimate of drug-likeness (QED) is 0.674. The molecule has 0 saturated carbocycles. The Balaban J connectivity index is 1.65. The standard InChI is InChI=1S/C19H20ClNO5/c1-2-24-14-7-9-15(10-8-14)25-12-11-19(23)26-13-18(22)21-17-6-4-3-5-16(17)20/h3-10H,2,11-13H2,1H3,(H,21,22). The molecule has 0 aromatic heterocycles. The molecule has 0 unspecified atom stereocenters. The molecule has 7 heteroatoms. The molecule has 138 valence electrons. The maximum atomic E-state index is 11.8. The predicted octanol–water partition coefficient (Wildman–Crippen LogP) is 3.69. The minimum atomic E-state index is -0.523. The molecule has 0 atom stereocenters. The van der Waals surface area contributed by atoms with E-state index in [0.717, 1.165) is 5.75 Å². The van der Waals surface area contributed by atoms with Gasteiger partial charge in [0.1, 0.15) is 11.5 Å². The molecule has 0 aliphatic carbocycles. The summed E-state index contributed by atoms with van der Waals surface area (Å²) in [6.07, 6.45) is 0.0343. The first kappa shape index (κ1) is 19.6. The van der Waals surface area contributed by atoms with Gasteiger partial charge >= 0.3 is 5.97 Å². The van der Waals surface area contributed by atoms with Crippen LogP contribution < -0.4 is 14.8 Å². The summed E-state index contributed by atoms with van der Waals surface area (Å²) in [7, 11) is 0. The average molecular weight is 378 g/mol. The number of halogens is 1. The van der Waals surface area contributed by atoms with E-state index in [4.69, 9.17) is 25.8 Å². The van der Waals surface area contributed by atoms with Crippen molar-refractivity contribution in [2.24, 2.45) is 0 Å². The van der Waals surface area contributed by atoms with Crippen LogP contribution in [0, 0.1) is 0 Å². The minimum absolute atomic E-state index is 0.0343. The Morgan fingerprint density at radius 1 is 1.00 bits per heavy atom. The summed E-state index contributed by atoms with van der Waals surface area (Å²) in [5.74, 6) is 0.394. The molecule has 1 amide bonds. The van der Waals surface area contributed by atoms with Crippen molar-refractivity contribution in [1.29, 1.82) is 0 Å². The molecular weight excluding hydrogens is 358 g/mol. The molecule has 2 aromatic rings. The second-order valence-electron chi connectivity index (χ2n) is 5.19. The number of rotatable bonds is 9. The minimum Gasteiger partial charge on any atom is -0.494 e. The predicted molar refractivity (Wildman–Crippen MR) is 98.8 cm³/mol. The van der Waals surface area contributed by atoms with Crippen molar-refractivity contribution < 1.29 is 23.8 Å². The SMILES string of the molecule is CCOc1ccc(OCCC(=O)OCC(=O)Nc2ccccc2Cl)cc1. The summed E-state index contributed by atoms with van der Waals surface area (Å²) in [6.45, 7) is 2.27. The summed E-state index contributed by atoms with van der Waals surface area (Å²) in [6, 6.07) is 13.9. The van der Waals surface area contributed by atoms with Crippen molar-refractivity contribution in [3.63, 3.8) is 0 Å². The van der Waals surface area contributed by atoms with Gasteiger partial charge in [0.05, 0.1) is 30.3 Å². The van der Waals surface area contributed by atoms with Crippen LogP contribution in [0.1, 0.15) is 13.3 Å². The van der Waals surface area contributed by atoms with Gasteiger partial charge in [-0.3, -0.25) is 9.59 Å². The monoisotopic (exact) mass is 377 g/mol. The highest BCUT2D eigenvalue weighted by Gasteiger charge is 2.09. The lowest BCUT2D eigenvalue weighted by molar-refractivity contribution is -0.147. The highest BCUT2D eigenvalue weighted by atomic mass is 35.5. The lowest BCUT2D eigenvalue weighted by Gasteiger charge is -2.09. The number of esters is 1. The fourth-order valence-electron chi connectivity index (χ4n) is 2.02. The third kappa shape index (κ3) is 6.64. The van der Waals surface area contributed by atoms with E-state index >= 15 is 0 Å². The Hall–Kier alpha value is -2.73. The molecule has 0 bridgehead atoms.